The van der Waals surface area contributed by atoms with Gasteiger partial charge in [0.05, 0.1) is 0 Å². The molecular weight excluding hydrogens is 406 g/mol. The highest BCUT2D eigenvalue weighted by atomic mass is 79.9. The molecule has 0 saturated heterocycles. The summed E-state index contributed by atoms with van der Waals surface area (Å²) in [5.41, 5.74) is 7.61. The van der Waals surface area contributed by atoms with E-state index in [0.29, 0.717) is 17.0 Å². The quantitative estimate of drug-likeness (QED) is 0.602. The summed E-state index contributed by atoms with van der Waals surface area (Å²) >= 11 is 3.42. The average Bonchev–Trinajstić information content (AvgIpc) is 3.27. The van der Waals surface area contributed by atoms with Gasteiger partial charge in [-0.1, -0.05) is 58.4 Å². The molecule has 136 valence electrons. The molecule has 4 rings (SSSR count). The summed E-state index contributed by atoms with van der Waals surface area (Å²) in [5, 5.41) is 4.32. The van der Waals surface area contributed by atoms with Gasteiger partial charge in [0.1, 0.15) is 5.69 Å². The van der Waals surface area contributed by atoms with Crippen LogP contribution in [0.2, 0.25) is 0 Å². The van der Waals surface area contributed by atoms with E-state index < -0.39 is 0 Å². The number of halogens is 1. The van der Waals surface area contributed by atoms with Crippen LogP contribution >= 0.6 is 15.9 Å². The van der Waals surface area contributed by atoms with Crippen LogP contribution in [0.15, 0.2) is 64.2 Å². The van der Waals surface area contributed by atoms with Crippen LogP contribution in [0.3, 0.4) is 0 Å². The minimum absolute atomic E-state index is 0.0278. The number of aromatic nitrogens is 1. The standard InChI is InChI=1S/C21H18BrN3O2/c1-12-17(19(26)15-9-6-10-16(22)11-15)13(2)23-18(12)21-25-24-20(27-21)14-7-4-3-5-8-14/h3-11,20,23-24H,1-2H3. The number of nitrogens with zero attached hydrogens (tertiary/aromatic N) is 1. The van der Waals surface area contributed by atoms with Gasteiger partial charge in [0.25, 0.3) is 5.90 Å². The van der Waals surface area contributed by atoms with E-state index in [2.05, 4.69) is 31.4 Å². The third kappa shape index (κ3) is 3.28. The first-order chi connectivity index (χ1) is 13.0. The number of hydrogen-bond acceptors (Lipinski definition) is 4. The van der Waals surface area contributed by atoms with Crippen molar-refractivity contribution in [3.63, 3.8) is 0 Å². The van der Waals surface area contributed by atoms with E-state index in [1.54, 1.807) is 0 Å². The summed E-state index contributed by atoms with van der Waals surface area (Å²) < 4.78 is 6.85. The van der Waals surface area contributed by atoms with Crippen LogP contribution in [-0.4, -0.2) is 16.7 Å². The minimum Gasteiger partial charge on any atom is -0.445 e. The second-order valence-electron chi connectivity index (χ2n) is 6.42. The number of ether oxygens (including phenoxy) is 1. The third-order valence-electron chi connectivity index (χ3n) is 4.58. The number of benzene rings is 2. The Morgan fingerprint density at radius 3 is 2.63 bits per heavy atom. The first kappa shape index (κ1) is 17.5. The maximum atomic E-state index is 13.0. The Bertz CT molecular complexity index is 1040. The van der Waals surface area contributed by atoms with Gasteiger partial charge >= 0.3 is 0 Å². The maximum absolute atomic E-state index is 13.0. The Morgan fingerprint density at radius 1 is 1.11 bits per heavy atom. The van der Waals surface area contributed by atoms with Crippen LogP contribution in [0.4, 0.5) is 0 Å². The normalized spacial score (nSPS) is 15.8. The SMILES string of the molecule is Cc1[nH]c(C2=NNC(c3ccccc3)O2)c(C)c1C(=O)c1cccc(Br)c1. The Labute approximate surface area is 165 Å². The molecule has 6 heteroatoms. The zero-order valence-electron chi connectivity index (χ0n) is 14.9. The van der Waals surface area contributed by atoms with E-state index in [-0.39, 0.29) is 12.0 Å². The largest absolute Gasteiger partial charge is 0.445 e. The summed E-state index contributed by atoms with van der Waals surface area (Å²) in [5.74, 6) is 0.428. The van der Waals surface area contributed by atoms with Crippen molar-refractivity contribution in [3.8, 4) is 0 Å². The summed E-state index contributed by atoms with van der Waals surface area (Å²) in [6, 6.07) is 17.2. The molecule has 1 aliphatic heterocycles. The second-order valence-corrected chi connectivity index (χ2v) is 7.33. The van der Waals surface area contributed by atoms with Crippen molar-refractivity contribution in [1.82, 2.24) is 10.4 Å². The number of hydrazone groups is 1. The molecule has 1 aliphatic rings. The highest BCUT2D eigenvalue weighted by Gasteiger charge is 2.28. The van der Waals surface area contributed by atoms with Crippen molar-refractivity contribution >= 4 is 27.6 Å². The predicted molar refractivity (Wildman–Crippen MR) is 108 cm³/mol. The maximum Gasteiger partial charge on any atom is 0.257 e. The molecule has 0 spiro atoms. The summed E-state index contributed by atoms with van der Waals surface area (Å²) in [7, 11) is 0. The Kier molecular flexibility index (Phi) is 4.58. The molecular formula is C21H18BrN3O2. The van der Waals surface area contributed by atoms with E-state index >= 15 is 0 Å². The van der Waals surface area contributed by atoms with Crippen molar-refractivity contribution in [3.05, 3.63) is 92.7 Å². The van der Waals surface area contributed by atoms with Crippen LogP contribution in [-0.2, 0) is 4.74 Å². The lowest BCUT2D eigenvalue weighted by Gasteiger charge is -2.11. The molecule has 1 aromatic heterocycles. The number of H-pyrrole nitrogens is 1. The molecule has 5 nitrogen and oxygen atoms in total. The van der Waals surface area contributed by atoms with Crippen molar-refractivity contribution in [2.45, 2.75) is 20.1 Å². The number of hydrogen-bond donors (Lipinski definition) is 2. The number of aromatic amines is 1. The van der Waals surface area contributed by atoms with Crippen molar-refractivity contribution in [1.29, 1.82) is 0 Å². The lowest BCUT2D eigenvalue weighted by molar-refractivity contribution is 0.103. The molecule has 2 aromatic carbocycles. The molecule has 0 fully saturated rings. The van der Waals surface area contributed by atoms with E-state index in [9.17, 15) is 4.79 Å². The Balaban J connectivity index is 1.63. The van der Waals surface area contributed by atoms with Crippen LogP contribution in [0.5, 0.6) is 0 Å². The predicted octanol–water partition coefficient (Wildman–Crippen LogP) is 4.61. The van der Waals surface area contributed by atoms with Gasteiger partial charge in [-0.25, -0.2) is 0 Å². The van der Waals surface area contributed by atoms with Gasteiger partial charge in [-0.2, -0.15) is 0 Å². The summed E-state index contributed by atoms with van der Waals surface area (Å²) in [6.07, 6.45) is -0.339. The average molecular weight is 424 g/mol. The second kappa shape index (κ2) is 7.04. The topological polar surface area (TPSA) is 66.5 Å². The fourth-order valence-electron chi connectivity index (χ4n) is 3.25. The molecule has 0 saturated carbocycles. The molecule has 0 amide bonds. The number of ketones is 1. The zero-order chi connectivity index (χ0) is 19.0. The fourth-order valence-corrected chi connectivity index (χ4v) is 3.64. The Morgan fingerprint density at radius 2 is 1.89 bits per heavy atom. The van der Waals surface area contributed by atoms with E-state index in [0.717, 1.165) is 27.0 Å². The molecule has 2 N–H and O–H groups in total. The van der Waals surface area contributed by atoms with Gasteiger partial charge in [-0.15, -0.1) is 5.10 Å². The number of aryl methyl sites for hydroxylation is 1. The van der Waals surface area contributed by atoms with E-state index in [4.69, 9.17) is 4.74 Å². The molecule has 2 heterocycles. The molecule has 0 radical (unpaired) electrons. The molecule has 1 unspecified atom stereocenters. The number of carbonyl (C=O) groups is 1. The van der Waals surface area contributed by atoms with Crippen LogP contribution < -0.4 is 5.43 Å². The van der Waals surface area contributed by atoms with Crippen molar-refractivity contribution < 1.29 is 9.53 Å². The highest BCUT2D eigenvalue weighted by Crippen LogP contribution is 2.27. The first-order valence-electron chi connectivity index (χ1n) is 8.59. The van der Waals surface area contributed by atoms with Gasteiger partial charge in [-0.3, -0.25) is 10.2 Å². The van der Waals surface area contributed by atoms with E-state index in [1.807, 2.05) is 68.4 Å². The van der Waals surface area contributed by atoms with Crippen LogP contribution in [0, 0.1) is 13.8 Å². The zero-order valence-corrected chi connectivity index (χ0v) is 16.5. The lowest BCUT2D eigenvalue weighted by Crippen LogP contribution is -2.12. The van der Waals surface area contributed by atoms with Gasteiger partial charge < -0.3 is 9.72 Å². The molecule has 0 aliphatic carbocycles. The van der Waals surface area contributed by atoms with Gasteiger partial charge in [-0.05, 0) is 31.5 Å². The van der Waals surface area contributed by atoms with Crippen molar-refractivity contribution in [2.24, 2.45) is 5.10 Å². The van der Waals surface area contributed by atoms with Gasteiger partial charge in [0.2, 0.25) is 6.23 Å². The fraction of sp³-hybridized carbons (Fsp3) is 0.143. The first-order valence-corrected chi connectivity index (χ1v) is 9.38. The third-order valence-corrected chi connectivity index (χ3v) is 5.07. The highest BCUT2D eigenvalue weighted by molar-refractivity contribution is 9.10. The molecule has 1 atom stereocenters. The minimum atomic E-state index is -0.339. The Hall–Kier alpha value is -2.86. The molecule has 27 heavy (non-hydrogen) atoms. The van der Waals surface area contributed by atoms with Gasteiger partial charge in [0.15, 0.2) is 5.78 Å². The van der Waals surface area contributed by atoms with E-state index in [1.165, 1.54) is 0 Å². The van der Waals surface area contributed by atoms with Gasteiger partial charge in [0, 0.05) is 26.9 Å². The number of carbonyl (C=O) groups excluding carboxylic acids is 1. The summed E-state index contributed by atoms with van der Waals surface area (Å²) in [4.78, 5) is 16.3. The molecule has 0 bridgehead atoms. The smallest absolute Gasteiger partial charge is 0.257 e. The van der Waals surface area contributed by atoms with Crippen LogP contribution in [0.25, 0.3) is 0 Å². The lowest BCUT2D eigenvalue weighted by atomic mass is 10.00. The van der Waals surface area contributed by atoms with Crippen molar-refractivity contribution in [2.75, 3.05) is 0 Å². The molecule has 3 aromatic rings. The number of nitrogens with one attached hydrogen (secondary N) is 2. The summed E-state index contributed by atoms with van der Waals surface area (Å²) in [6.45, 7) is 3.80. The van der Waals surface area contributed by atoms with Crippen LogP contribution in [0.1, 0.15) is 44.7 Å². The monoisotopic (exact) mass is 423 g/mol. The number of rotatable bonds is 4.